The van der Waals surface area contributed by atoms with E-state index in [1.165, 1.54) is 25.1 Å². The summed E-state index contributed by atoms with van der Waals surface area (Å²) in [6.07, 6.45) is 0. The van der Waals surface area contributed by atoms with E-state index in [0.29, 0.717) is 5.56 Å². The molecule has 1 aromatic rings. The SMILES string of the molecule is CC(=O)OCc1cc(O)cc(O)c1. The van der Waals surface area contributed by atoms with Crippen molar-refractivity contribution in [3.63, 3.8) is 0 Å². The van der Waals surface area contributed by atoms with E-state index in [1.807, 2.05) is 0 Å². The number of phenols is 2. The molecule has 0 saturated carbocycles. The summed E-state index contributed by atoms with van der Waals surface area (Å²) >= 11 is 0. The second-order valence-corrected chi connectivity index (χ2v) is 2.64. The molecule has 70 valence electrons. The summed E-state index contributed by atoms with van der Waals surface area (Å²) in [5, 5.41) is 18.1. The molecule has 4 heteroatoms. The minimum atomic E-state index is -0.400. The second kappa shape index (κ2) is 3.80. The fourth-order valence-electron chi connectivity index (χ4n) is 0.925. The predicted molar refractivity (Wildman–Crippen MR) is 45.2 cm³/mol. The first-order valence-corrected chi connectivity index (χ1v) is 3.73. The molecule has 4 nitrogen and oxygen atoms in total. The van der Waals surface area contributed by atoms with E-state index < -0.39 is 5.97 Å². The zero-order chi connectivity index (χ0) is 9.84. The van der Waals surface area contributed by atoms with Crippen LogP contribution in [0.15, 0.2) is 18.2 Å². The molecule has 1 aromatic carbocycles. The fraction of sp³-hybridized carbons (Fsp3) is 0.222. The van der Waals surface area contributed by atoms with E-state index in [-0.39, 0.29) is 18.1 Å². The normalized spacial score (nSPS) is 9.62. The Labute approximate surface area is 75.4 Å². The first-order valence-electron chi connectivity index (χ1n) is 3.73. The third-order valence-corrected chi connectivity index (χ3v) is 1.40. The van der Waals surface area contributed by atoms with Crippen LogP contribution in [-0.2, 0) is 16.1 Å². The molecule has 0 aliphatic carbocycles. The van der Waals surface area contributed by atoms with Crippen LogP contribution >= 0.6 is 0 Å². The molecule has 0 saturated heterocycles. The average Bonchev–Trinajstić information content (AvgIpc) is 1.99. The summed E-state index contributed by atoms with van der Waals surface area (Å²) in [5.74, 6) is -0.507. The lowest BCUT2D eigenvalue weighted by Gasteiger charge is -2.03. The van der Waals surface area contributed by atoms with E-state index in [0.717, 1.165) is 0 Å². The van der Waals surface area contributed by atoms with Gasteiger partial charge < -0.3 is 14.9 Å². The summed E-state index contributed by atoms with van der Waals surface area (Å²) in [6.45, 7) is 1.35. The van der Waals surface area contributed by atoms with Crippen molar-refractivity contribution in [2.45, 2.75) is 13.5 Å². The van der Waals surface area contributed by atoms with Crippen molar-refractivity contribution in [1.82, 2.24) is 0 Å². The van der Waals surface area contributed by atoms with Gasteiger partial charge in [0.2, 0.25) is 0 Å². The quantitative estimate of drug-likeness (QED) is 0.673. The summed E-state index contributed by atoms with van der Waals surface area (Å²) in [4.78, 5) is 10.4. The molecule has 0 spiro atoms. The largest absolute Gasteiger partial charge is 0.508 e. The van der Waals surface area contributed by atoms with Crippen molar-refractivity contribution in [1.29, 1.82) is 0 Å². The Morgan fingerprint density at radius 3 is 2.31 bits per heavy atom. The third kappa shape index (κ3) is 3.02. The van der Waals surface area contributed by atoms with Crippen LogP contribution < -0.4 is 0 Å². The van der Waals surface area contributed by atoms with Crippen LogP contribution in [-0.4, -0.2) is 16.2 Å². The third-order valence-electron chi connectivity index (χ3n) is 1.40. The van der Waals surface area contributed by atoms with Gasteiger partial charge in [-0.25, -0.2) is 0 Å². The molecule has 13 heavy (non-hydrogen) atoms. The van der Waals surface area contributed by atoms with Gasteiger partial charge in [-0.2, -0.15) is 0 Å². The number of rotatable bonds is 2. The van der Waals surface area contributed by atoms with Gasteiger partial charge in [-0.15, -0.1) is 0 Å². The summed E-state index contributed by atoms with van der Waals surface area (Å²) in [6, 6.07) is 4.04. The highest BCUT2D eigenvalue weighted by Gasteiger charge is 2.00. The number of ether oxygens (including phenoxy) is 1. The number of benzene rings is 1. The standard InChI is InChI=1S/C9H10O4/c1-6(10)13-5-7-2-8(11)4-9(12)3-7/h2-4,11-12H,5H2,1H3. The predicted octanol–water partition coefficient (Wildman–Crippen LogP) is 1.16. The Morgan fingerprint density at radius 1 is 1.31 bits per heavy atom. The van der Waals surface area contributed by atoms with Gasteiger partial charge in [0.25, 0.3) is 0 Å². The number of aromatic hydroxyl groups is 2. The van der Waals surface area contributed by atoms with Crippen LogP contribution in [0.25, 0.3) is 0 Å². The lowest BCUT2D eigenvalue weighted by atomic mass is 10.2. The highest BCUT2D eigenvalue weighted by atomic mass is 16.5. The molecule has 2 N–H and O–H groups in total. The van der Waals surface area contributed by atoms with Crippen LogP contribution in [0.5, 0.6) is 11.5 Å². The van der Waals surface area contributed by atoms with Gasteiger partial charge in [0.1, 0.15) is 18.1 Å². The maximum atomic E-state index is 10.4. The monoisotopic (exact) mass is 182 g/mol. The average molecular weight is 182 g/mol. The number of hydrogen-bond donors (Lipinski definition) is 2. The van der Waals surface area contributed by atoms with Gasteiger partial charge in [-0.1, -0.05) is 0 Å². The van der Waals surface area contributed by atoms with E-state index in [9.17, 15) is 4.79 Å². The molecule has 0 unspecified atom stereocenters. The number of carbonyl (C=O) groups is 1. The smallest absolute Gasteiger partial charge is 0.302 e. The van der Waals surface area contributed by atoms with Crippen molar-refractivity contribution in [3.05, 3.63) is 23.8 Å². The first-order chi connectivity index (χ1) is 6.08. The molecular formula is C9H10O4. The number of phenolic OH excluding ortho intramolecular Hbond substituents is 2. The highest BCUT2D eigenvalue weighted by molar-refractivity contribution is 5.65. The van der Waals surface area contributed by atoms with Crippen molar-refractivity contribution >= 4 is 5.97 Å². The number of hydrogen-bond acceptors (Lipinski definition) is 4. The second-order valence-electron chi connectivity index (χ2n) is 2.64. The molecule has 0 aliphatic rings. The Morgan fingerprint density at radius 2 is 1.85 bits per heavy atom. The van der Waals surface area contributed by atoms with E-state index in [1.54, 1.807) is 0 Å². The maximum absolute atomic E-state index is 10.4. The molecule has 0 amide bonds. The molecule has 0 aromatic heterocycles. The lowest BCUT2D eigenvalue weighted by molar-refractivity contribution is -0.142. The molecule has 0 aliphatic heterocycles. The van der Waals surface area contributed by atoms with E-state index >= 15 is 0 Å². The number of carbonyl (C=O) groups excluding carboxylic acids is 1. The molecule has 0 heterocycles. The Kier molecular flexibility index (Phi) is 2.74. The summed E-state index contributed by atoms with van der Waals surface area (Å²) in [5.41, 5.74) is 0.549. The summed E-state index contributed by atoms with van der Waals surface area (Å²) in [7, 11) is 0. The molecule has 0 bridgehead atoms. The van der Waals surface area contributed by atoms with Gasteiger partial charge in [0, 0.05) is 13.0 Å². The van der Waals surface area contributed by atoms with Gasteiger partial charge in [0.05, 0.1) is 0 Å². The van der Waals surface area contributed by atoms with Gasteiger partial charge in [-0.3, -0.25) is 4.79 Å². The minimum absolute atomic E-state index is 0.0529. The van der Waals surface area contributed by atoms with Crippen LogP contribution in [0.2, 0.25) is 0 Å². The van der Waals surface area contributed by atoms with Gasteiger partial charge in [-0.05, 0) is 17.7 Å². The van der Waals surface area contributed by atoms with E-state index in [4.69, 9.17) is 10.2 Å². The Bertz CT molecular complexity index is 299. The van der Waals surface area contributed by atoms with Crippen LogP contribution in [0.1, 0.15) is 12.5 Å². The van der Waals surface area contributed by atoms with Crippen molar-refractivity contribution in [3.8, 4) is 11.5 Å². The van der Waals surface area contributed by atoms with Crippen LogP contribution in [0, 0.1) is 0 Å². The zero-order valence-electron chi connectivity index (χ0n) is 7.15. The van der Waals surface area contributed by atoms with Gasteiger partial charge in [0.15, 0.2) is 0 Å². The number of esters is 1. The van der Waals surface area contributed by atoms with Crippen molar-refractivity contribution < 1.29 is 19.7 Å². The first kappa shape index (κ1) is 9.38. The molecule has 0 atom stereocenters. The zero-order valence-corrected chi connectivity index (χ0v) is 7.15. The van der Waals surface area contributed by atoms with Crippen LogP contribution in [0.4, 0.5) is 0 Å². The van der Waals surface area contributed by atoms with Crippen molar-refractivity contribution in [2.24, 2.45) is 0 Å². The molecular weight excluding hydrogens is 172 g/mol. The van der Waals surface area contributed by atoms with Crippen molar-refractivity contribution in [2.75, 3.05) is 0 Å². The van der Waals surface area contributed by atoms with Crippen LogP contribution in [0.3, 0.4) is 0 Å². The Balaban J connectivity index is 2.71. The molecule has 0 radical (unpaired) electrons. The molecule has 0 fully saturated rings. The van der Waals surface area contributed by atoms with Gasteiger partial charge >= 0.3 is 5.97 Å². The Hall–Kier alpha value is -1.71. The molecule has 1 rings (SSSR count). The lowest BCUT2D eigenvalue weighted by Crippen LogP contribution is -1.98. The minimum Gasteiger partial charge on any atom is -0.508 e. The fourth-order valence-corrected chi connectivity index (χ4v) is 0.925. The summed E-state index contributed by atoms with van der Waals surface area (Å²) < 4.78 is 4.68. The maximum Gasteiger partial charge on any atom is 0.302 e. The highest BCUT2D eigenvalue weighted by Crippen LogP contribution is 2.20. The topological polar surface area (TPSA) is 66.8 Å². The van der Waals surface area contributed by atoms with E-state index in [2.05, 4.69) is 4.74 Å².